The molecule has 10 heteroatoms. The molecule has 0 unspecified atom stereocenters. The standard InChI is InChI=1S/C21H16ClF2N5O2/c22-18-12-29(11-14-2-1-3-16(24)10-14)27-20(18)25-21(30)19-8-9-28(26-19)13-31-17-6-4-15(23)5-7-17/h1-10,12H,11,13H2,(H,25,27,30). The number of benzene rings is 2. The summed E-state index contributed by atoms with van der Waals surface area (Å²) < 4.78 is 34.7. The fourth-order valence-corrected chi connectivity index (χ4v) is 2.98. The summed E-state index contributed by atoms with van der Waals surface area (Å²) in [7, 11) is 0. The lowest BCUT2D eigenvalue weighted by atomic mass is 10.2. The number of amides is 1. The number of carbonyl (C=O) groups is 1. The van der Waals surface area contributed by atoms with Gasteiger partial charge in [-0.15, -0.1) is 0 Å². The number of anilines is 1. The molecule has 4 rings (SSSR count). The molecule has 0 bridgehead atoms. The van der Waals surface area contributed by atoms with Crippen LogP contribution in [-0.2, 0) is 13.3 Å². The van der Waals surface area contributed by atoms with Crippen molar-refractivity contribution in [3.05, 3.63) is 94.9 Å². The molecule has 2 heterocycles. The molecule has 7 nitrogen and oxygen atoms in total. The summed E-state index contributed by atoms with van der Waals surface area (Å²) in [5, 5.41) is 11.2. The van der Waals surface area contributed by atoms with E-state index in [-0.39, 0.29) is 34.9 Å². The number of halogens is 3. The molecule has 0 fully saturated rings. The Morgan fingerprint density at radius 1 is 1.03 bits per heavy atom. The first kappa shape index (κ1) is 20.5. The molecule has 0 saturated heterocycles. The Labute approximate surface area is 180 Å². The Hall–Kier alpha value is -3.72. The molecule has 0 aliphatic heterocycles. The van der Waals surface area contributed by atoms with Gasteiger partial charge in [-0.3, -0.25) is 9.48 Å². The van der Waals surface area contributed by atoms with Crippen molar-refractivity contribution < 1.29 is 18.3 Å². The van der Waals surface area contributed by atoms with E-state index < -0.39 is 5.91 Å². The Morgan fingerprint density at radius 2 is 1.84 bits per heavy atom. The first-order valence-corrected chi connectivity index (χ1v) is 9.54. The first-order chi connectivity index (χ1) is 15.0. The SMILES string of the molecule is O=C(Nc1nn(Cc2cccc(F)c2)cc1Cl)c1ccn(COc2ccc(F)cc2)n1. The van der Waals surface area contributed by atoms with E-state index in [9.17, 15) is 13.6 Å². The quantitative estimate of drug-likeness (QED) is 0.461. The van der Waals surface area contributed by atoms with Crippen molar-refractivity contribution in [2.45, 2.75) is 13.3 Å². The summed E-state index contributed by atoms with van der Waals surface area (Å²) in [6, 6.07) is 13.2. The zero-order chi connectivity index (χ0) is 21.8. The van der Waals surface area contributed by atoms with Gasteiger partial charge in [0.05, 0.1) is 6.54 Å². The third kappa shape index (κ3) is 5.26. The fourth-order valence-electron chi connectivity index (χ4n) is 2.78. The van der Waals surface area contributed by atoms with Crippen LogP contribution in [0.4, 0.5) is 14.6 Å². The Kier molecular flexibility index (Phi) is 5.94. The summed E-state index contributed by atoms with van der Waals surface area (Å²) in [6.07, 6.45) is 3.11. The maximum atomic E-state index is 13.3. The summed E-state index contributed by atoms with van der Waals surface area (Å²) in [6.45, 7) is 0.338. The molecular formula is C21H16ClF2N5O2. The average Bonchev–Trinajstić information content (AvgIpc) is 3.34. The van der Waals surface area contributed by atoms with Crippen LogP contribution in [-0.4, -0.2) is 25.5 Å². The molecule has 0 radical (unpaired) electrons. The molecular weight excluding hydrogens is 428 g/mol. The lowest BCUT2D eigenvalue weighted by Gasteiger charge is -2.05. The molecule has 0 atom stereocenters. The number of aromatic nitrogens is 4. The smallest absolute Gasteiger partial charge is 0.277 e. The average molecular weight is 444 g/mol. The van der Waals surface area contributed by atoms with E-state index in [1.54, 1.807) is 18.3 Å². The predicted molar refractivity (Wildman–Crippen MR) is 110 cm³/mol. The highest BCUT2D eigenvalue weighted by Gasteiger charge is 2.15. The normalized spacial score (nSPS) is 10.8. The van der Waals surface area contributed by atoms with Gasteiger partial charge in [0.1, 0.15) is 22.4 Å². The van der Waals surface area contributed by atoms with Crippen LogP contribution in [0.5, 0.6) is 5.75 Å². The van der Waals surface area contributed by atoms with E-state index in [2.05, 4.69) is 15.5 Å². The van der Waals surface area contributed by atoms with Gasteiger partial charge in [0, 0.05) is 12.4 Å². The molecule has 158 valence electrons. The van der Waals surface area contributed by atoms with Gasteiger partial charge < -0.3 is 10.1 Å². The minimum atomic E-state index is -0.501. The third-order valence-corrected chi connectivity index (χ3v) is 4.51. The van der Waals surface area contributed by atoms with Gasteiger partial charge in [0.2, 0.25) is 0 Å². The van der Waals surface area contributed by atoms with E-state index in [4.69, 9.17) is 16.3 Å². The number of rotatable bonds is 7. The van der Waals surface area contributed by atoms with Crippen LogP contribution in [0.3, 0.4) is 0 Å². The van der Waals surface area contributed by atoms with Gasteiger partial charge in [0.15, 0.2) is 18.2 Å². The minimum Gasteiger partial charge on any atom is -0.471 e. The molecule has 31 heavy (non-hydrogen) atoms. The molecule has 0 aliphatic carbocycles. The van der Waals surface area contributed by atoms with Gasteiger partial charge in [-0.05, 0) is 48.0 Å². The van der Waals surface area contributed by atoms with E-state index in [1.165, 1.54) is 58.0 Å². The highest BCUT2D eigenvalue weighted by molar-refractivity contribution is 6.33. The maximum absolute atomic E-state index is 13.3. The second-order valence-electron chi connectivity index (χ2n) is 6.58. The predicted octanol–water partition coefficient (Wildman–Crippen LogP) is 4.35. The van der Waals surface area contributed by atoms with Crippen LogP contribution in [0, 0.1) is 11.6 Å². The molecule has 0 aliphatic rings. The molecule has 1 N–H and O–H groups in total. The highest BCUT2D eigenvalue weighted by Crippen LogP contribution is 2.21. The van der Waals surface area contributed by atoms with Crippen LogP contribution >= 0.6 is 11.6 Å². The lowest BCUT2D eigenvalue weighted by Crippen LogP contribution is -2.15. The summed E-state index contributed by atoms with van der Waals surface area (Å²) in [4.78, 5) is 12.5. The molecule has 0 saturated carbocycles. The van der Waals surface area contributed by atoms with Crippen molar-refractivity contribution in [3.63, 3.8) is 0 Å². The van der Waals surface area contributed by atoms with Crippen LogP contribution < -0.4 is 10.1 Å². The maximum Gasteiger partial charge on any atom is 0.277 e. The third-order valence-electron chi connectivity index (χ3n) is 4.23. The lowest BCUT2D eigenvalue weighted by molar-refractivity contribution is 0.101. The Morgan fingerprint density at radius 3 is 2.61 bits per heavy atom. The second-order valence-corrected chi connectivity index (χ2v) is 6.98. The Balaban J connectivity index is 1.37. The van der Waals surface area contributed by atoms with Crippen LogP contribution in [0.1, 0.15) is 16.1 Å². The summed E-state index contributed by atoms with van der Waals surface area (Å²) >= 11 is 6.16. The molecule has 2 aromatic carbocycles. The Bertz CT molecular complexity index is 1210. The van der Waals surface area contributed by atoms with Gasteiger partial charge in [-0.1, -0.05) is 23.7 Å². The van der Waals surface area contributed by atoms with Crippen molar-refractivity contribution in [1.29, 1.82) is 0 Å². The van der Waals surface area contributed by atoms with Gasteiger partial charge in [0.25, 0.3) is 5.91 Å². The monoisotopic (exact) mass is 443 g/mol. The molecule has 1 amide bonds. The number of hydrogen-bond acceptors (Lipinski definition) is 4. The van der Waals surface area contributed by atoms with Crippen molar-refractivity contribution in [3.8, 4) is 5.75 Å². The zero-order valence-corrected chi connectivity index (χ0v) is 16.8. The number of nitrogens with one attached hydrogen (secondary N) is 1. The van der Waals surface area contributed by atoms with E-state index in [0.717, 1.165) is 0 Å². The first-order valence-electron chi connectivity index (χ1n) is 9.17. The van der Waals surface area contributed by atoms with Crippen molar-refractivity contribution in [1.82, 2.24) is 19.6 Å². The van der Waals surface area contributed by atoms with Crippen molar-refractivity contribution in [2.75, 3.05) is 5.32 Å². The van der Waals surface area contributed by atoms with Crippen LogP contribution in [0.25, 0.3) is 0 Å². The van der Waals surface area contributed by atoms with Crippen molar-refractivity contribution >= 4 is 23.3 Å². The minimum absolute atomic E-state index is 0.0436. The molecule has 2 aromatic heterocycles. The summed E-state index contributed by atoms with van der Waals surface area (Å²) in [5.74, 6) is -0.567. The van der Waals surface area contributed by atoms with E-state index in [0.29, 0.717) is 17.9 Å². The van der Waals surface area contributed by atoms with Crippen LogP contribution in [0.2, 0.25) is 5.02 Å². The second kappa shape index (κ2) is 8.97. The molecule has 4 aromatic rings. The van der Waals surface area contributed by atoms with Gasteiger partial charge in [-0.2, -0.15) is 10.2 Å². The van der Waals surface area contributed by atoms with Gasteiger partial charge >= 0.3 is 0 Å². The topological polar surface area (TPSA) is 74.0 Å². The number of nitrogens with zero attached hydrogens (tertiary/aromatic N) is 4. The molecule has 0 spiro atoms. The fraction of sp³-hybridized carbons (Fsp3) is 0.0952. The van der Waals surface area contributed by atoms with E-state index in [1.807, 2.05) is 0 Å². The number of carbonyl (C=O) groups excluding carboxylic acids is 1. The summed E-state index contributed by atoms with van der Waals surface area (Å²) in [5.41, 5.74) is 0.843. The van der Waals surface area contributed by atoms with Crippen molar-refractivity contribution in [2.24, 2.45) is 0 Å². The van der Waals surface area contributed by atoms with Crippen LogP contribution in [0.15, 0.2) is 67.0 Å². The van der Waals surface area contributed by atoms with Gasteiger partial charge in [-0.25, -0.2) is 13.5 Å². The van der Waals surface area contributed by atoms with E-state index >= 15 is 0 Å². The number of ether oxygens (including phenoxy) is 1. The zero-order valence-electron chi connectivity index (χ0n) is 16.0. The largest absolute Gasteiger partial charge is 0.471 e. The highest BCUT2D eigenvalue weighted by atomic mass is 35.5. The number of hydrogen-bond donors (Lipinski definition) is 1.